The van der Waals surface area contributed by atoms with Crippen molar-refractivity contribution in [1.29, 1.82) is 0 Å². The topological polar surface area (TPSA) is 77.1 Å². The van der Waals surface area contributed by atoms with Crippen LogP contribution in [-0.2, 0) is 6.54 Å². The number of hydrogen-bond donors (Lipinski definition) is 1. The van der Waals surface area contributed by atoms with Gasteiger partial charge in [-0.3, -0.25) is 9.78 Å². The second kappa shape index (κ2) is 5.35. The Morgan fingerprint density at radius 2 is 2.10 bits per heavy atom. The number of fused-ring (bicyclic) bond motifs is 1. The molecular weight excluding hydrogens is 268 g/mol. The van der Waals surface area contributed by atoms with Crippen LogP contribution in [0.4, 0.5) is 5.82 Å². The average molecular weight is 284 g/mol. The molecule has 21 heavy (non-hydrogen) atoms. The lowest BCUT2D eigenvalue weighted by molar-refractivity contribution is 0.721. The Bertz CT molecular complexity index is 818. The first-order valence-electron chi connectivity index (χ1n) is 6.77. The van der Waals surface area contributed by atoms with Crippen LogP contribution in [0.3, 0.4) is 0 Å². The van der Waals surface area contributed by atoms with Gasteiger partial charge in [0.25, 0.3) is 5.56 Å². The van der Waals surface area contributed by atoms with Gasteiger partial charge in [-0.05, 0) is 19.9 Å². The first-order chi connectivity index (χ1) is 10.2. The molecule has 3 aromatic heterocycles. The molecule has 3 rings (SSSR count). The first-order valence-corrected chi connectivity index (χ1v) is 6.77. The fraction of sp³-hybridized carbons (Fsp3) is 0.286. The molecule has 0 bridgehead atoms. The number of aryl methyl sites for hydroxylation is 1. The highest BCUT2D eigenvalue weighted by Gasteiger charge is 2.06. The van der Waals surface area contributed by atoms with Crippen LogP contribution in [-0.4, -0.2) is 30.7 Å². The Morgan fingerprint density at radius 1 is 1.24 bits per heavy atom. The lowest BCUT2D eigenvalue weighted by Gasteiger charge is -2.06. The molecule has 108 valence electrons. The zero-order valence-electron chi connectivity index (χ0n) is 11.9. The van der Waals surface area contributed by atoms with E-state index in [0.29, 0.717) is 12.1 Å². The summed E-state index contributed by atoms with van der Waals surface area (Å²) < 4.78 is 3.20. The van der Waals surface area contributed by atoms with E-state index < -0.39 is 0 Å². The number of hydrogen-bond acceptors (Lipinski definition) is 5. The summed E-state index contributed by atoms with van der Waals surface area (Å²) in [6.07, 6.45) is 6.83. The van der Waals surface area contributed by atoms with Crippen molar-refractivity contribution in [3.63, 3.8) is 0 Å². The van der Waals surface area contributed by atoms with Crippen LogP contribution < -0.4 is 10.9 Å². The van der Waals surface area contributed by atoms with E-state index in [0.717, 1.165) is 23.8 Å². The smallest absolute Gasteiger partial charge is 0.276 e. The van der Waals surface area contributed by atoms with E-state index in [1.165, 1.54) is 0 Å². The highest BCUT2D eigenvalue weighted by atomic mass is 16.1. The minimum Gasteiger partial charge on any atom is -0.369 e. The maximum atomic E-state index is 12.4. The molecule has 0 spiro atoms. The largest absolute Gasteiger partial charge is 0.369 e. The van der Waals surface area contributed by atoms with Gasteiger partial charge in [0.15, 0.2) is 0 Å². The molecule has 0 radical (unpaired) electrons. The summed E-state index contributed by atoms with van der Waals surface area (Å²) in [7, 11) is 0. The van der Waals surface area contributed by atoms with Crippen LogP contribution >= 0.6 is 0 Å². The van der Waals surface area contributed by atoms with Crippen molar-refractivity contribution in [2.24, 2.45) is 0 Å². The quantitative estimate of drug-likeness (QED) is 0.775. The molecule has 0 saturated heterocycles. The van der Waals surface area contributed by atoms with Gasteiger partial charge >= 0.3 is 0 Å². The number of anilines is 1. The molecule has 7 nitrogen and oxygen atoms in total. The van der Waals surface area contributed by atoms with E-state index in [1.54, 1.807) is 39.9 Å². The maximum Gasteiger partial charge on any atom is 0.276 e. The Hall–Kier alpha value is -2.70. The van der Waals surface area contributed by atoms with Gasteiger partial charge in [0.1, 0.15) is 11.3 Å². The monoisotopic (exact) mass is 284 g/mol. The third-order valence-corrected chi connectivity index (χ3v) is 3.12. The lowest BCUT2D eigenvalue weighted by Crippen LogP contribution is -2.22. The van der Waals surface area contributed by atoms with Crippen LogP contribution in [0.1, 0.15) is 18.3 Å². The van der Waals surface area contributed by atoms with Crippen molar-refractivity contribution >= 4 is 11.3 Å². The second-order valence-electron chi connectivity index (χ2n) is 4.77. The van der Waals surface area contributed by atoms with Gasteiger partial charge in [-0.2, -0.15) is 5.10 Å². The summed E-state index contributed by atoms with van der Waals surface area (Å²) in [6.45, 7) is 5.04. The first kappa shape index (κ1) is 13.3. The highest BCUT2D eigenvalue weighted by Crippen LogP contribution is 2.04. The molecule has 0 aliphatic heterocycles. The van der Waals surface area contributed by atoms with Gasteiger partial charge in [0.05, 0.1) is 30.3 Å². The molecule has 0 atom stereocenters. The fourth-order valence-corrected chi connectivity index (χ4v) is 2.16. The standard InChI is InChI=1S/C14H16N6O/c1-3-15-13-8-16-11(7-17-13)9-19-4-5-20-12(14(19)21)6-10(2)18-20/h4-8H,3,9H2,1-2H3,(H,15,17). The summed E-state index contributed by atoms with van der Waals surface area (Å²) in [6, 6.07) is 1.78. The third-order valence-electron chi connectivity index (χ3n) is 3.12. The van der Waals surface area contributed by atoms with Gasteiger partial charge < -0.3 is 9.88 Å². The van der Waals surface area contributed by atoms with E-state index in [9.17, 15) is 4.79 Å². The molecule has 0 fully saturated rings. The lowest BCUT2D eigenvalue weighted by atomic mass is 10.4. The SMILES string of the molecule is CCNc1cnc(Cn2ccn3nc(C)cc3c2=O)cn1. The minimum absolute atomic E-state index is 0.0874. The summed E-state index contributed by atoms with van der Waals surface area (Å²) >= 11 is 0. The summed E-state index contributed by atoms with van der Waals surface area (Å²) in [5.74, 6) is 0.732. The molecule has 0 aromatic carbocycles. The third kappa shape index (κ3) is 2.62. The van der Waals surface area contributed by atoms with Gasteiger partial charge in [-0.15, -0.1) is 0 Å². The zero-order chi connectivity index (χ0) is 14.8. The normalized spacial score (nSPS) is 11.0. The van der Waals surface area contributed by atoms with Crippen molar-refractivity contribution in [1.82, 2.24) is 24.1 Å². The van der Waals surface area contributed by atoms with Gasteiger partial charge in [-0.1, -0.05) is 0 Å². The Labute approximate surface area is 121 Å². The molecular formula is C14H16N6O. The van der Waals surface area contributed by atoms with E-state index in [1.807, 2.05) is 13.8 Å². The summed E-state index contributed by atoms with van der Waals surface area (Å²) in [4.78, 5) is 20.9. The molecule has 0 aliphatic rings. The van der Waals surface area contributed by atoms with Crippen molar-refractivity contribution in [2.75, 3.05) is 11.9 Å². The molecule has 0 saturated carbocycles. The van der Waals surface area contributed by atoms with Crippen LogP contribution in [0.2, 0.25) is 0 Å². The van der Waals surface area contributed by atoms with Crippen molar-refractivity contribution < 1.29 is 0 Å². The maximum absolute atomic E-state index is 12.4. The second-order valence-corrected chi connectivity index (χ2v) is 4.77. The molecule has 7 heteroatoms. The van der Waals surface area contributed by atoms with E-state index in [-0.39, 0.29) is 5.56 Å². The number of rotatable bonds is 4. The van der Waals surface area contributed by atoms with E-state index in [2.05, 4.69) is 20.4 Å². The Kier molecular flexibility index (Phi) is 3.39. The molecule has 1 N–H and O–H groups in total. The molecule has 0 aliphatic carbocycles. The van der Waals surface area contributed by atoms with Crippen LogP contribution in [0.15, 0.2) is 35.6 Å². The van der Waals surface area contributed by atoms with Gasteiger partial charge in [-0.25, -0.2) is 9.50 Å². The molecule has 3 aromatic rings. The molecule has 0 unspecified atom stereocenters. The number of nitrogens with one attached hydrogen (secondary N) is 1. The molecule has 0 amide bonds. The van der Waals surface area contributed by atoms with Crippen molar-refractivity contribution in [2.45, 2.75) is 20.4 Å². The van der Waals surface area contributed by atoms with Crippen LogP contribution in [0.25, 0.3) is 5.52 Å². The predicted molar refractivity (Wildman–Crippen MR) is 79.5 cm³/mol. The van der Waals surface area contributed by atoms with Gasteiger partial charge in [0.2, 0.25) is 0 Å². The Balaban J connectivity index is 1.90. The fourth-order valence-electron chi connectivity index (χ4n) is 2.16. The number of aromatic nitrogens is 5. The summed E-state index contributed by atoms with van der Waals surface area (Å²) in [5, 5.41) is 7.30. The van der Waals surface area contributed by atoms with Gasteiger partial charge in [0, 0.05) is 18.9 Å². The van der Waals surface area contributed by atoms with Crippen LogP contribution in [0.5, 0.6) is 0 Å². The molecule has 3 heterocycles. The summed E-state index contributed by atoms with van der Waals surface area (Å²) in [5.41, 5.74) is 2.03. The number of nitrogens with zero attached hydrogens (tertiary/aromatic N) is 5. The van der Waals surface area contributed by atoms with E-state index in [4.69, 9.17) is 0 Å². The van der Waals surface area contributed by atoms with Crippen molar-refractivity contribution in [3.05, 3.63) is 52.6 Å². The minimum atomic E-state index is -0.0874. The predicted octanol–water partition coefficient (Wildman–Crippen LogP) is 1.07. The Morgan fingerprint density at radius 3 is 2.81 bits per heavy atom. The average Bonchev–Trinajstić information content (AvgIpc) is 2.86. The van der Waals surface area contributed by atoms with Crippen molar-refractivity contribution in [3.8, 4) is 0 Å². The van der Waals surface area contributed by atoms with E-state index >= 15 is 0 Å². The zero-order valence-corrected chi connectivity index (χ0v) is 11.9. The highest BCUT2D eigenvalue weighted by molar-refractivity contribution is 5.45. The van der Waals surface area contributed by atoms with Crippen LogP contribution in [0, 0.1) is 6.92 Å².